The number of sulfone groups is 1. The van der Waals surface area contributed by atoms with Crippen LogP contribution < -0.4 is 4.90 Å². The molecule has 4 rings (SSSR count). The van der Waals surface area contributed by atoms with Crippen molar-refractivity contribution in [2.45, 2.75) is 38.5 Å². The highest BCUT2D eigenvalue weighted by molar-refractivity contribution is 8.16. The maximum atomic E-state index is 12.7. The summed E-state index contributed by atoms with van der Waals surface area (Å²) in [4.78, 5) is 19.1. The number of amidine groups is 1. The van der Waals surface area contributed by atoms with Crippen molar-refractivity contribution in [3.63, 3.8) is 0 Å². The molecule has 2 fully saturated rings. The van der Waals surface area contributed by atoms with E-state index >= 15 is 0 Å². The molecule has 7 heteroatoms. The molecule has 5 nitrogen and oxygen atoms in total. The van der Waals surface area contributed by atoms with Gasteiger partial charge in [0.25, 0.3) is 5.91 Å². The van der Waals surface area contributed by atoms with Gasteiger partial charge in [0.1, 0.15) is 0 Å². The lowest BCUT2D eigenvalue weighted by Crippen LogP contribution is -2.38. The van der Waals surface area contributed by atoms with E-state index in [1.807, 2.05) is 68.1 Å². The molecule has 2 atom stereocenters. The molecular weight excluding hydrogens is 404 g/mol. The first-order valence-electron chi connectivity index (χ1n) is 9.63. The maximum absolute atomic E-state index is 12.7. The molecule has 0 spiro atoms. The molecule has 2 heterocycles. The van der Waals surface area contributed by atoms with Crippen LogP contribution in [0.3, 0.4) is 0 Å². The predicted molar refractivity (Wildman–Crippen MR) is 120 cm³/mol. The number of aliphatic imine (C=N–C) groups is 1. The molecule has 0 unspecified atom stereocenters. The molecule has 1 amide bonds. The second-order valence-electron chi connectivity index (χ2n) is 7.84. The van der Waals surface area contributed by atoms with Gasteiger partial charge in [-0.3, -0.25) is 4.79 Å². The van der Waals surface area contributed by atoms with Crippen LogP contribution in [0.15, 0.2) is 47.5 Å². The smallest absolute Gasteiger partial charge is 0.252 e. The van der Waals surface area contributed by atoms with E-state index in [1.54, 1.807) is 0 Å². The number of hydrogen-bond donors (Lipinski definition) is 0. The van der Waals surface area contributed by atoms with Crippen molar-refractivity contribution in [1.82, 2.24) is 0 Å². The first kappa shape index (κ1) is 20.2. The molecule has 2 aliphatic heterocycles. The summed E-state index contributed by atoms with van der Waals surface area (Å²) in [6.07, 6.45) is 0.236. The molecule has 2 aromatic carbocycles. The summed E-state index contributed by atoms with van der Waals surface area (Å²) >= 11 is 1.42. The molecule has 2 aliphatic rings. The molecule has 0 bridgehead atoms. The fourth-order valence-corrected chi connectivity index (χ4v) is 7.91. The maximum Gasteiger partial charge on any atom is 0.252 e. The Hall–Kier alpha value is -2.12. The average molecular weight is 429 g/mol. The van der Waals surface area contributed by atoms with E-state index in [9.17, 15) is 13.2 Å². The molecular formula is C22H24N2O3S2. The molecule has 2 aromatic rings. The van der Waals surface area contributed by atoms with Crippen LogP contribution in [-0.4, -0.2) is 42.3 Å². The van der Waals surface area contributed by atoms with Gasteiger partial charge in [-0.2, -0.15) is 4.99 Å². The summed E-state index contributed by atoms with van der Waals surface area (Å²) in [5.41, 5.74) is 5.18. The van der Waals surface area contributed by atoms with E-state index in [-0.39, 0.29) is 35.1 Å². The van der Waals surface area contributed by atoms with Crippen molar-refractivity contribution in [2.75, 3.05) is 16.4 Å². The third-order valence-corrected chi connectivity index (χ3v) is 8.77. The summed E-state index contributed by atoms with van der Waals surface area (Å²) in [5, 5.41) is 0.520. The van der Waals surface area contributed by atoms with Crippen LogP contribution in [0.5, 0.6) is 0 Å². The number of anilines is 1. The average Bonchev–Trinajstić information content (AvgIpc) is 3.08. The Kier molecular flexibility index (Phi) is 5.29. The highest BCUT2D eigenvalue weighted by Crippen LogP contribution is 2.42. The lowest BCUT2D eigenvalue weighted by Gasteiger charge is -2.26. The van der Waals surface area contributed by atoms with Gasteiger partial charge in [0.2, 0.25) is 0 Å². The first-order valence-corrected chi connectivity index (χ1v) is 12.3. The second-order valence-corrected chi connectivity index (χ2v) is 11.2. The number of amides is 1. The summed E-state index contributed by atoms with van der Waals surface area (Å²) in [5.74, 6) is 0.0222. The van der Waals surface area contributed by atoms with Crippen molar-refractivity contribution in [3.8, 4) is 0 Å². The van der Waals surface area contributed by atoms with Gasteiger partial charge in [-0.05, 0) is 43.5 Å². The van der Waals surface area contributed by atoms with Crippen molar-refractivity contribution in [3.05, 3.63) is 64.7 Å². The van der Waals surface area contributed by atoms with Crippen LogP contribution in [0.1, 0.15) is 22.3 Å². The Bertz CT molecular complexity index is 1110. The lowest BCUT2D eigenvalue weighted by atomic mass is 10.1. The van der Waals surface area contributed by atoms with Gasteiger partial charge in [0, 0.05) is 10.9 Å². The highest BCUT2D eigenvalue weighted by Gasteiger charge is 2.49. The standard InChI is InChI=1S/C22H24N2O3S2/c1-14-6-4-8-17(10-14)11-21(25)23-22-24(18-9-5-7-15(2)16(18)3)19-12-29(26,27)13-20(19)28-22/h4-10,19-20H,11-13H2,1-3H3/t19-,20-/m0/s1. The number of thioether (sulfide) groups is 1. The summed E-state index contributed by atoms with van der Waals surface area (Å²) in [6.45, 7) is 6.06. The molecule has 0 saturated carbocycles. The van der Waals surface area contributed by atoms with Crippen LogP contribution in [0.2, 0.25) is 0 Å². The van der Waals surface area contributed by atoms with Crippen LogP contribution in [0.4, 0.5) is 5.69 Å². The van der Waals surface area contributed by atoms with Crippen LogP contribution in [0.25, 0.3) is 0 Å². The van der Waals surface area contributed by atoms with Gasteiger partial charge in [-0.1, -0.05) is 53.7 Å². The lowest BCUT2D eigenvalue weighted by molar-refractivity contribution is -0.117. The molecule has 0 radical (unpaired) electrons. The number of carbonyl (C=O) groups is 1. The van der Waals surface area contributed by atoms with Crippen molar-refractivity contribution in [2.24, 2.45) is 4.99 Å². The fourth-order valence-electron chi connectivity index (χ4n) is 3.99. The predicted octanol–water partition coefficient (Wildman–Crippen LogP) is 3.46. The van der Waals surface area contributed by atoms with Crippen LogP contribution >= 0.6 is 11.8 Å². The summed E-state index contributed by atoms with van der Waals surface area (Å²) in [7, 11) is -3.08. The Balaban J connectivity index is 1.68. The normalized spacial score (nSPS) is 24.1. The first-order chi connectivity index (χ1) is 13.7. The van der Waals surface area contributed by atoms with Gasteiger partial charge in [0.15, 0.2) is 15.0 Å². The Morgan fingerprint density at radius 1 is 1.14 bits per heavy atom. The molecule has 2 saturated heterocycles. The third kappa shape index (κ3) is 4.12. The SMILES string of the molecule is Cc1cccc(CC(=O)N=C2S[C@H]3CS(=O)(=O)C[C@@H]3N2c2cccc(C)c2C)c1. The number of carbonyl (C=O) groups excluding carboxylic acids is 1. The summed E-state index contributed by atoms with van der Waals surface area (Å²) < 4.78 is 24.5. The number of hydrogen-bond acceptors (Lipinski definition) is 4. The topological polar surface area (TPSA) is 66.8 Å². The van der Waals surface area contributed by atoms with Crippen LogP contribution in [0, 0.1) is 20.8 Å². The minimum absolute atomic E-state index is 0.0922. The summed E-state index contributed by atoms with van der Waals surface area (Å²) in [6, 6.07) is 13.6. The van der Waals surface area contributed by atoms with Crippen LogP contribution in [-0.2, 0) is 21.1 Å². The zero-order valence-electron chi connectivity index (χ0n) is 16.8. The molecule has 0 N–H and O–H groups in total. The second kappa shape index (κ2) is 7.61. The van der Waals surface area contributed by atoms with E-state index in [1.165, 1.54) is 11.8 Å². The van der Waals surface area contributed by atoms with Gasteiger partial charge >= 0.3 is 0 Å². The van der Waals surface area contributed by atoms with E-state index in [0.717, 1.165) is 27.9 Å². The van der Waals surface area contributed by atoms with E-state index in [2.05, 4.69) is 4.99 Å². The quantitative estimate of drug-likeness (QED) is 0.749. The molecule has 152 valence electrons. The Labute approximate surface area is 176 Å². The number of benzene rings is 2. The van der Waals surface area contributed by atoms with Gasteiger partial charge in [-0.25, -0.2) is 8.42 Å². The minimum Gasteiger partial charge on any atom is -0.315 e. The molecule has 0 aliphatic carbocycles. The monoisotopic (exact) mass is 428 g/mol. The fraction of sp³-hybridized carbons (Fsp3) is 0.364. The number of fused-ring (bicyclic) bond motifs is 1. The van der Waals surface area contributed by atoms with Gasteiger partial charge < -0.3 is 4.90 Å². The minimum atomic E-state index is -3.08. The van der Waals surface area contributed by atoms with Crippen molar-refractivity contribution >= 4 is 38.4 Å². The van der Waals surface area contributed by atoms with E-state index in [0.29, 0.717) is 5.17 Å². The van der Waals surface area contributed by atoms with Crippen molar-refractivity contribution in [1.29, 1.82) is 0 Å². The van der Waals surface area contributed by atoms with Gasteiger partial charge in [0.05, 0.1) is 24.0 Å². The number of aryl methyl sites for hydroxylation is 2. The Morgan fingerprint density at radius 2 is 1.90 bits per heavy atom. The van der Waals surface area contributed by atoms with Gasteiger partial charge in [-0.15, -0.1) is 0 Å². The largest absolute Gasteiger partial charge is 0.315 e. The molecule has 0 aromatic heterocycles. The zero-order valence-corrected chi connectivity index (χ0v) is 18.4. The zero-order chi connectivity index (χ0) is 20.8. The van der Waals surface area contributed by atoms with E-state index < -0.39 is 9.84 Å². The van der Waals surface area contributed by atoms with E-state index in [4.69, 9.17) is 0 Å². The molecule has 29 heavy (non-hydrogen) atoms. The highest BCUT2D eigenvalue weighted by atomic mass is 32.2. The Morgan fingerprint density at radius 3 is 2.66 bits per heavy atom. The third-order valence-electron chi connectivity index (χ3n) is 5.56. The number of rotatable bonds is 3. The van der Waals surface area contributed by atoms with Crippen molar-refractivity contribution < 1.29 is 13.2 Å². The number of nitrogens with zero attached hydrogens (tertiary/aromatic N) is 2.